The third kappa shape index (κ3) is 6.69. The topological polar surface area (TPSA) is 9.23 Å². The van der Waals surface area contributed by atoms with Gasteiger partial charge in [0.15, 0.2) is 0 Å². The first-order valence-corrected chi connectivity index (χ1v) is 4.43. The lowest BCUT2D eigenvalue weighted by atomic mass is 10.1. The molecule has 0 spiro atoms. The number of ether oxygens (including phenoxy) is 1. The molecule has 0 saturated carbocycles. The molecule has 0 N–H and O–H groups in total. The Morgan fingerprint density at radius 1 is 1.50 bits per heavy atom. The summed E-state index contributed by atoms with van der Waals surface area (Å²) in [5.41, 5.74) is 0. The fourth-order valence-electron chi connectivity index (χ4n) is 0.374. The molecule has 1 nitrogen and oxygen atoms in total. The maximum Gasteiger partial charge on any atom is 0.0979 e. The zero-order valence-corrected chi connectivity index (χ0v) is 7.64. The van der Waals surface area contributed by atoms with Gasteiger partial charge in [-0.25, -0.2) is 0 Å². The van der Waals surface area contributed by atoms with Crippen molar-refractivity contribution in [2.24, 2.45) is 5.92 Å². The third-order valence-corrected chi connectivity index (χ3v) is 1.36. The van der Waals surface area contributed by atoms with E-state index in [0.29, 0.717) is 0 Å². The van der Waals surface area contributed by atoms with Gasteiger partial charge in [0.1, 0.15) is 0 Å². The first-order valence-electron chi connectivity index (χ1n) is 2.91. The van der Waals surface area contributed by atoms with Crippen LogP contribution in [-0.4, -0.2) is 11.2 Å². The molecule has 2 heteroatoms. The Balaban J connectivity index is 2.72. The number of rotatable bonds is 4. The second-order valence-corrected chi connectivity index (χ2v) is 2.82. The van der Waals surface area contributed by atoms with Crippen molar-refractivity contribution in [3.63, 3.8) is 0 Å². The molecule has 0 aliphatic carbocycles. The van der Waals surface area contributed by atoms with E-state index in [-0.39, 0.29) is 0 Å². The van der Waals surface area contributed by atoms with Gasteiger partial charge in [0.2, 0.25) is 0 Å². The third-order valence-electron chi connectivity index (χ3n) is 0.917. The maximum absolute atomic E-state index is 5.13. The second kappa shape index (κ2) is 5.82. The molecule has 0 bridgehead atoms. The summed E-state index contributed by atoms with van der Waals surface area (Å²) in [7, 11) is 0. The van der Waals surface area contributed by atoms with E-state index in [1.165, 1.54) is 6.42 Å². The van der Waals surface area contributed by atoms with E-state index in [4.69, 9.17) is 4.74 Å². The molecule has 50 valence electrons. The second-order valence-electron chi connectivity index (χ2n) is 2.20. The monoisotopic (exact) mass is 228 g/mol. The van der Waals surface area contributed by atoms with Crippen molar-refractivity contribution in [1.82, 2.24) is 0 Å². The first-order chi connectivity index (χ1) is 3.77. The summed E-state index contributed by atoms with van der Waals surface area (Å²) < 4.78 is 5.95. The number of hydrogen-bond donors (Lipinski definition) is 0. The van der Waals surface area contributed by atoms with Gasteiger partial charge in [-0.05, 0) is 12.3 Å². The Bertz CT molecular complexity index is 45.8. The van der Waals surface area contributed by atoms with E-state index >= 15 is 0 Å². The highest BCUT2D eigenvalue weighted by Crippen LogP contribution is 1.99. The van der Waals surface area contributed by atoms with E-state index in [9.17, 15) is 0 Å². The van der Waals surface area contributed by atoms with Crippen LogP contribution in [0.3, 0.4) is 0 Å². The van der Waals surface area contributed by atoms with Crippen molar-refractivity contribution in [3.8, 4) is 0 Å². The van der Waals surface area contributed by atoms with E-state index in [0.717, 1.165) is 17.1 Å². The van der Waals surface area contributed by atoms with Gasteiger partial charge in [-0.1, -0.05) is 36.4 Å². The molecule has 0 fully saturated rings. The minimum Gasteiger partial charge on any atom is -0.371 e. The summed E-state index contributed by atoms with van der Waals surface area (Å²) in [5.74, 6) is 0.776. The van der Waals surface area contributed by atoms with Crippen LogP contribution in [0.5, 0.6) is 0 Å². The summed E-state index contributed by atoms with van der Waals surface area (Å²) >= 11 is 2.21. The molecular formula is C6H13IO. The van der Waals surface area contributed by atoms with Gasteiger partial charge in [-0.3, -0.25) is 0 Å². The lowest BCUT2D eigenvalue weighted by Gasteiger charge is -2.01. The fraction of sp³-hybridized carbons (Fsp3) is 1.00. The highest BCUT2D eigenvalue weighted by atomic mass is 127. The molecule has 0 rings (SSSR count). The van der Waals surface area contributed by atoms with Gasteiger partial charge >= 0.3 is 0 Å². The van der Waals surface area contributed by atoms with Crippen LogP contribution < -0.4 is 0 Å². The zero-order chi connectivity index (χ0) is 6.41. The maximum atomic E-state index is 5.13. The normalized spacial score (nSPS) is 10.5. The van der Waals surface area contributed by atoms with Crippen molar-refractivity contribution in [2.75, 3.05) is 11.2 Å². The van der Waals surface area contributed by atoms with Gasteiger partial charge in [-0.2, -0.15) is 0 Å². The van der Waals surface area contributed by atoms with Gasteiger partial charge in [-0.15, -0.1) is 0 Å². The summed E-state index contributed by atoms with van der Waals surface area (Å²) in [4.78, 5) is 0. The number of hydrogen-bond acceptors (Lipinski definition) is 1. The first kappa shape index (κ1) is 8.69. The van der Waals surface area contributed by atoms with Gasteiger partial charge in [0, 0.05) is 6.61 Å². The Kier molecular flexibility index (Phi) is 6.32. The quantitative estimate of drug-likeness (QED) is 0.408. The molecule has 0 amide bonds. The molecule has 0 radical (unpaired) electrons. The van der Waals surface area contributed by atoms with E-state index in [1.807, 2.05) is 0 Å². The fourth-order valence-corrected chi connectivity index (χ4v) is 0.685. The van der Waals surface area contributed by atoms with Crippen LogP contribution >= 0.6 is 22.6 Å². The van der Waals surface area contributed by atoms with Crippen molar-refractivity contribution >= 4 is 22.6 Å². The van der Waals surface area contributed by atoms with Crippen molar-refractivity contribution in [3.05, 3.63) is 0 Å². The summed E-state index contributed by atoms with van der Waals surface area (Å²) in [6, 6.07) is 0. The molecule has 0 atom stereocenters. The Morgan fingerprint density at radius 2 is 2.12 bits per heavy atom. The standard InChI is InChI=1S/C6H13IO/c1-6(2)3-4-8-5-7/h6H,3-5H2,1-2H3. The molecule has 8 heavy (non-hydrogen) atoms. The van der Waals surface area contributed by atoms with Gasteiger partial charge in [0.25, 0.3) is 0 Å². The van der Waals surface area contributed by atoms with E-state index in [1.54, 1.807) is 0 Å². The Hall–Kier alpha value is 0.690. The van der Waals surface area contributed by atoms with Crippen LogP contribution in [0.2, 0.25) is 0 Å². The average Bonchev–Trinajstić information content (AvgIpc) is 1.66. The lowest BCUT2D eigenvalue weighted by molar-refractivity contribution is 0.176. The Morgan fingerprint density at radius 3 is 2.50 bits per heavy atom. The molecule has 0 aromatic rings. The summed E-state index contributed by atoms with van der Waals surface area (Å²) in [6.07, 6.45) is 1.18. The minimum atomic E-state index is 0.776. The number of alkyl halides is 1. The van der Waals surface area contributed by atoms with Crippen molar-refractivity contribution in [2.45, 2.75) is 20.3 Å². The Labute approximate surface area is 64.9 Å². The van der Waals surface area contributed by atoms with Crippen LogP contribution in [0.4, 0.5) is 0 Å². The van der Waals surface area contributed by atoms with Gasteiger partial charge < -0.3 is 4.74 Å². The van der Waals surface area contributed by atoms with Crippen LogP contribution in [0, 0.1) is 5.92 Å². The van der Waals surface area contributed by atoms with Crippen LogP contribution in [0.1, 0.15) is 20.3 Å². The molecule has 0 heterocycles. The molecule has 0 aromatic carbocycles. The highest BCUT2D eigenvalue weighted by Gasteiger charge is 1.90. The average molecular weight is 228 g/mol. The molecule has 0 saturated heterocycles. The SMILES string of the molecule is CC(C)CCOCI. The zero-order valence-electron chi connectivity index (χ0n) is 5.48. The molecule has 0 aromatic heterocycles. The predicted octanol–water partition coefficient (Wildman–Crippen LogP) is 2.44. The van der Waals surface area contributed by atoms with E-state index in [2.05, 4.69) is 36.4 Å². The lowest BCUT2D eigenvalue weighted by Crippen LogP contribution is -1.96. The molecule has 0 unspecified atom stereocenters. The highest BCUT2D eigenvalue weighted by molar-refractivity contribution is 14.1. The molecule has 0 aliphatic heterocycles. The summed E-state index contributed by atoms with van der Waals surface area (Å²) in [6.45, 7) is 5.33. The minimum absolute atomic E-state index is 0.776. The van der Waals surface area contributed by atoms with Crippen LogP contribution in [-0.2, 0) is 4.74 Å². The van der Waals surface area contributed by atoms with Crippen LogP contribution in [0.25, 0.3) is 0 Å². The van der Waals surface area contributed by atoms with Crippen molar-refractivity contribution in [1.29, 1.82) is 0 Å². The van der Waals surface area contributed by atoms with E-state index < -0.39 is 0 Å². The predicted molar refractivity (Wildman–Crippen MR) is 44.3 cm³/mol. The smallest absolute Gasteiger partial charge is 0.0979 e. The molecule has 0 aliphatic rings. The molecular weight excluding hydrogens is 215 g/mol. The number of halogens is 1. The largest absolute Gasteiger partial charge is 0.371 e. The summed E-state index contributed by atoms with van der Waals surface area (Å²) in [5, 5.41) is 0. The van der Waals surface area contributed by atoms with Gasteiger partial charge in [0.05, 0.1) is 4.61 Å². The van der Waals surface area contributed by atoms with Crippen molar-refractivity contribution < 1.29 is 4.74 Å². The van der Waals surface area contributed by atoms with Crippen LogP contribution in [0.15, 0.2) is 0 Å².